The maximum atomic E-state index is 9.86. The lowest BCUT2D eigenvalue weighted by Crippen LogP contribution is -2.14. The van der Waals surface area contributed by atoms with Crippen LogP contribution in [0.15, 0.2) is 30.5 Å². The van der Waals surface area contributed by atoms with Gasteiger partial charge < -0.3 is 9.67 Å². The number of nitrogens with zero attached hydrogens (tertiary/aromatic N) is 2. The largest absolute Gasteiger partial charge is 0.385 e. The van der Waals surface area contributed by atoms with Crippen LogP contribution in [-0.2, 0) is 6.54 Å². The van der Waals surface area contributed by atoms with E-state index in [0.29, 0.717) is 0 Å². The maximum Gasteiger partial charge on any atom is 0.138 e. The van der Waals surface area contributed by atoms with Gasteiger partial charge in [-0.25, -0.2) is 4.98 Å². The van der Waals surface area contributed by atoms with Crippen molar-refractivity contribution in [2.75, 3.05) is 0 Å². The molecular formula is C13H13ClN2O. The third kappa shape index (κ3) is 1.96. The van der Waals surface area contributed by atoms with E-state index in [-0.39, 0.29) is 0 Å². The van der Waals surface area contributed by atoms with E-state index in [1.165, 1.54) is 0 Å². The van der Waals surface area contributed by atoms with Crippen LogP contribution in [0.25, 0.3) is 11.3 Å². The Labute approximate surface area is 105 Å². The summed E-state index contributed by atoms with van der Waals surface area (Å²) in [5.41, 5.74) is 1.93. The SMILES string of the molecule is OC1CCCn2cc(-c3ccc(Cl)cc3)nc21. The molecule has 0 aliphatic carbocycles. The fourth-order valence-electron chi connectivity index (χ4n) is 2.22. The van der Waals surface area contributed by atoms with Crippen LogP contribution in [0, 0.1) is 0 Å². The van der Waals surface area contributed by atoms with Crippen LogP contribution in [0.3, 0.4) is 0 Å². The molecule has 1 aliphatic heterocycles. The van der Waals surface area contributed by atoms with Crippen molar-refractivity contribution in [2.45, 2.75) is 25.5 Å². The molecule has 1 aliphatic rings. The normalized spacial score (nSPS) is 19.1. The van der Waals surface area contributed by atoms with E-state index >= 15 is 0 Å². The number of benzene rings is 1. The van der Waals surface area contributed by atoms with Gasteiger partial charge in [0.1, 0.15) is 11.9 Å². The zero-order valence-electron chi connectivity index (χ0n) is 9.31. The number of hydrogen-bond acceptors (Lipinski definition) is 2. The summed E-state index contributed by atoms with van der Waals surface area (Å²) >= 11 is 5.86. The van der Waals surface area contributed by atoms with Gasteiger partial charge in [0, 0.05) is 23.3 Å². The molecule has 88 valence electrons. The highest BCUT2D eigenvalue weighted by Crippen LogP contribution is 2.28. The molecule has 3 nitrogen and oxygen atoms in total. The van der Waals surface area contributed by atoms with E-state index in [1.54, 1.807) is 0 Å². The van der Waals surface area contributed by atoms with Crippen molar-refractivity contribution in [3.63, 3.8) is 0 Å². The molecular weight excluding hydrogens is 236 g/mol. The predicted octanol–water partition coefficient (Wildman–Crippen LogP) is 3.03. The molecule has 1 aromatic carbocycles. The van der Waals surface area contributed by atoms with Crippen molar-refractivity contribution in [1.29, 1.82) is 0 Å². The highest BCUT2D eigenvalue weighted by atomic mass is 35.5. The predicted molar refractivity (Wildman–Crippen MR) is 66.9 cm³/mol. The number of imidazole rings is 1. The lowest BCUT2D eigenvalue weighted by molar-refractivity contribution is 0.134. The number of aliphatic hydroxyl groups is 1. The first kappa shape index (κ1) is 10.8. The Hall–Kier alpha value is -1.32. The number of aromatic nitrogens is 2. The van der Waals surface area contributed by atoms with Crippen LogP contribution >= 0.6 is 11.6 Å². The minimum absolute atomic E-state index is 0.426. The van der Waals surface area contributed by atoms with E-state index in [2.05, 4.69) is 4.98 Å². The lowest BCUT2D eigenvalue weighted by Gasteiger charge is -2.18. The Morgan fingerprint density at radius 2 is 2.06 bits per heavy atom. The first-order chi connectivity index (χ1) is 8.24. The van der Waals surface area contributed by atoms with Crippen LogP contribution in [0.2, 0.25) is 5.02 Å². The van der Waals surface area contributed by atoms with Gasteiger partial charge in [0.15, 0.2) is 0 Å². The Balaban J connectivity index is 2.02. The van der Waals surface area contributed by atoms with Crippen LogP contribution in [0.4, 0.5) is 0 Å². The molecule has 1 N–H and O–H groups in total. The average molecular weight is 249 g/mol. The minimum Gasteiger partial charge on any atom is -0.385 e. The second-order valence-electron chi connectivity index (χ2n) is 4.34. The van der Waals surface area contributed by atoms with Crippen LogP contribution in [0.1, 0.15) is 24.8 Å². The highest BCUT2D eigenvalue weighted by Gasteiger charge is 2.20. The molecule has 1 unspecified atom stereocenters. The van der Waals surface area contributed by atoms with Crippen molar-refractivity contribution >= 4 is 11.6 Å². The molecule has 2 heterocycles. The van der Waals surface area contributed by atoms with Crippen molar-refractivity contribution in [3.8, 4) is 11.3 Å². The molecule has 3 rings (SSSR count). The zero-order chi connectivity index (χ0) is 11.8. The second kappa shape index (κ2) is 4.17. The van der Waals surface area contributed by atoms with Gasteiger partial charge in [-0.3, -0.25) is 0 Å². The minimum atomic E-state index is -0.426. The van der Waals surface area contributed by atoms with Gasteiger partial charge in [0.2, 0.25) is 0 Å². The van der Waals surface area contributed by atoms with E-state index < -0.39 is 6.10 Å². The number of hydrogen-bond donors (Lipinski definition) is 1. The second-order valence-corrected chi connectivity index (χ2v) is 4.78. The molecule has 0 spiro atoms. The molecule has 2 aromatic rings. The molecule has 1 atom stereocenters. The molecule has 0 saturated carbocycles. The van der Waals surface area contributed by atoms with Gasteiger partial charge >= 0.3 is 0 Å². The van der Waals surface area contributed by atoms with Crippen LogP contribution < -0.4 is 0 Å². The maximum absolute atomic E-state index is 9.86. The van der Waals surface area contributed by atoms with Gasteiger partial charge in [-0.1, -0.05) is 23.7 Å². The summed E-state index contributed by atoms with van der Waals surface area (Å²) in [4.78, 5) is 4.50. The summed E-state index contributed by atoms with van der Waals surface area (Å²) in [7, 11) is 0. The summed E-state index contributed by atoms with van der Waals surface area (Å²) in [5.74, 6) is 0.779. The fraction of sp³-hybridized carbons (Fsp3) is 0.308. The van der Waals surface area contributed by atoms with E-state index in [4.69, 9.17) is 11.6 Å². The molecule has 0 amide bonds. The Morgan fingerprint density at radius 3 is 2.76 bits per heavy atom. The molecule has 0 fully saturated rings. The van der Waals surface area contributed by atoms with E-state index in [1.807, 2.05) is 35.0 Å². The average Bonchev–Trinajstić information content (AvgIpc) is 2.75. The zero-order valence-corrected chi connectivity index (χ0v) is 10.1. The first-order valence-corrected chi connectivity index (χ1v) is 6.13. The topological polar surface area (TPSA) is 38.0 Å². The molecule has 0 radical (unpaired) electrons. The highest BCUT2D eigenvalue weighted by molar-refractivity contribution is 6.30. The standard InChI is InChI=1S/C13H13ClN2O/c14-10-5-3-9(4-6-10)11-8-16-7-1-2-12(17)13(16)15-11/h3-6,8,12,17H,1-2,7H2. The smallest absolute Gasteiger partial charge is 0.138 e. The van der Waals surface area contributed by atoms with E-state index in [9.17, 15) is 5.11 Å². The number of aliphatic hydroxyl groups excluding tert-OH is 1. The summed E-state index contributed by atoms with van der Waals surface area (Å²) in [5, 5.41) is 10.6. The summed E-state index contributed by atoms with van der Waals surface area (Å²) in [6, 6.07) is 7.60. The Kier molecular flexibility index (Phi) is 2.65. The quantitative estimate of drug-likeness (QED) is 0.842. The number of aryl methyl sites for hydroxylation is 1. The summed E-state index contributed by atoms with van der Waals surface area (Å²) < 4.78 is 2.04. The Morgan fingerprint density at radius 1 is 1.29 bits per heavy atom. The molecule has 0 saturated heterocycles. The van der Waals surface area contributed by atoms with Crippen molar-refractivity contribution < 1.29 is 5.11 Å². The third-order valence-corrected chi connectivity index (χ3v) is 3.37. The summed E-state index contributed by atoms with van der Waals surface area (Å²) in [6.45, 7) is 0.937. The van der Waals surface area contributed by atoms with Gasteiger partial charge in [-0.15, -0.1) is 0 Å². The molecule has 0 bridgehead atoms. The van der Waals surface area contributed by atoms with Crippen molar-refractivity contribution in [2.24, 2.45) is 0 Å². The lowest BCUT2D eigenvalue weighted by atomic mass is 10.1. The van der Waals surface area contributed by atoms with Crippen LogP contribution in [-0.4, -0.2) is 14.7 Å². The van der Waals surface area contributed by atoms with Gasteiger partial charge in [0.05, 0.1) is 5.69 Å². The number of rotatable bonds is 1. The fourth-order valence-corrected chi connectivity index (χ4v) is 2.35. The first-order valence-electron chi connectivity index (χ1n) is 5.75. The van der Waals surface area contributed by atoms with Crippen molar-refractivity contribution in [1.82, 2.24) is 9.55 Å². The third-order valence-electron chi connectivity index (χ3n) is 3.12. The monoisotopic (exact) mass is 248 g/mol. The van der Waals surface area contributed by atoms with Gasteiger partial charge in [-0.2, -0.15) is 0 Å². The van der Waals surface area contributed by atoms with Crippen molar-refractivity contribution in [3.05, 3.63) is 41.3 Å². The van der Waals surface area contributed by atoms with Crippen LogP contribution in [0.5, 0.6) is 0 Å². The number of fused-ring (bicyclic) bond motifs is 1. The van der Waals surface area contributed by atoms with Gasteiger partial charge in [0.25, 0.3) is 0 Å². The molecule has 17 heavy (non-hydrogen) atoms. The Bertz CT molecular complexity index is 533. The van der Waals surface area contributed by atoms with Gasteiger partial charge in [-0.05, 0) is 25.0 Å². The number of halogens is 1. The summed E-state index contributed by atoms with van der Waals surface area (Å²) in [6.07, 6.45) is 3.38. The molecule has 1 aromatic heterocycles. The molecule has 4 heteroatoms. The van der Waals surface area contributed by atoms with E-state index in [0.717, 1.165) is 41.5 Å².